The number of rotatable bonds is 3. The summed E-state index contributed by atoms with van der Waals surface area (Å²) in [5, 5.41) is 3.88. The predicted molar refractivity (Wildman–Crippen MR) is 62.6 cm³/mol. The minimum atomic E-state index is 0.251. The van der Waals surface area contributed by atoms with Gasteiger partial charge in [-0.2, -0.15) is 11.3 Å². The normalized spacial score (nSPS) is 19.3. The lowest BCUT2D eigenvalue weighted by atomic mass is 10.2. The number of thiophene rings is 1. The van der Waals surface area contributed by atoms with Gasteiger partial charge in [0.1, 0.15) is 0 Å². The molecular weight excluding hydrogens is 208 g/mol. The molecule has 0 bridgehead atoms. The maximum Gasteiger partial charge on any atom is 0.177 e. The molecule has 1 saturated heterocycles. The fraction of sp³-hybridized carbons (Fsp3) is 0.545. The molecule has 2 rings (SSSR count). The van der Waals surface area contributed by atoms with Crippen molar-refractivity contribution in [1.82, 2.24) is 9.80 Å². The van der Waals surface area contributed by atoms with Gasteiger partial charge >= 0.3 is 0 Å². The van der Waals surface area contributed by atoms with E-state index in [-0.39, 0.29) is 5.78 Å². The second-order valence-electron chi connectivity index (χ2n) is 4.01. The lowest BCUT2D eigenvalue weighted by Gasteiger charge is -2.31. The average Bonchev–Trinajstić information content (AvgIpc) is 2.74. The van der Waals surface area contributed by atoms with Crippen molar-refractivity contribution in [2.45, 2.75) is 0 Å². The van der Waals surface area contributed by atoms with Crippen LogP contribution in [0, 0.1) is 0 Å². The van der Waals surface area contributed by atoms with Gasteiger partial charge < -0.3 is 4.90 Å². The topological polar surface area (TPSA) is 23.6 Å². The Kier molecular flexibility index (Phi) is 3.51. The highest BCUT2D eigenvalue weighted by molar-refractivity contribution is 7.08. The zero-order valence-electron chi connectivity index (χ0n) is 8.98. The van der Waals surface area contributed by atoms with Crippen molar-refractivity contribution in [1.29, 1.82) is 0 Å². The second-order valence-corrected chi connectivity index (χ2v) is 4.79. The molecule has 1 aliphatic heterocycles. The maximum absolute atomic E-state index is 11.8. The summed E-state index contributed by atoms with van der Waals surface area (Å²) >= 11 is 1.58. The Labute approximate surface area is 94.3 Å². The van der Waals surface area contributed by atoms with Crippen LogP contribution < -0.4 is 0 Å². The van der Waals surface area contributed by atoms with E-state index in [0.717, 1.165) is 31.7 Å². The molecule has 1 aliphatic rings. The van der Waals surface area contributed by atoms with E-state index in [9.17, 15) is 4.79 Å². The number of hydrogen-bond donors (Lipinski definition) is 0. The Morgan fingerprint density at radius 3 is 2.73 bits per heavy atom. The highest BCUT2D eigenvalue weighted by Crippen LogP contribution is 2.08. The van der Waals surface area contributed by atoms with E-state index in [2.05, 4.69) is 16.8 Å². The first-order valence-electron chi connectivity index (χ1n) is 5.22. The molecule has 1 fully saturated rings. The van der Waals surface area contributed by atoms with Gasteiger partial charge in [-0.05, 0) is 18.5 Å². The van der Waals surface area contributed by atoms with Crippen molar-refractivity contribution in [2.75, 3.05) is 39.8 Å². The van der Waals surface area contributed by atoms with E-state index in [1.165, 1.54) is 0 Å². The van der Waals surface area contributed by atoms with E-state index >= 15 is 0 Å². The molecule has 0 atom stereocenters. The molecule has 82 valence electrons. The van der Waals surface area contributed by atoms with E-state index in [1.54, 1.807) is 11.3 Å². The number of carbonyl (C=O) groups is 1. The van der Waals surface area contributed by atoms with Gasteiger partial charge in [-0.1, -0.05) is 0 Å². The fourth-order valence-electron chi connectivity index (χ4n) is 1.72. The van der Waals surface area contributed by atoms with E-state index in [0.29, 0.717) is 6.54 Å². The molecule has 1 aromatic heterocycles. The summed E-state index contributed by atoms with van der Waals surface area (Å²) in [6.45, 7) is 4.72. The summed E-state index contributed by atoms with van der Waals surface area (Å²) in [4.78, 5) is 16.3. The third kappa shape index (κ3) is 2.87. The Hall–Kier alpha value is -0.710. The summed E-state index contributed by atoms with van der Waals surface area (Å²) in [5.74, 6) is 0.251. The Balaban J connectivity index is 1.85. The highest BCUT2D eigenvalue weighted by Gasteiger charge is 2.17. The van der Waals surface area contributed by atoms with Crippen LogP contribution in [0.2, 0.25) is 0 Å². The molecule has 0 unspecified atom stereocenters. The number of ketones is 1. The van der Waals surface area contributed by atoms with Crippen molar-refractivity contribution >= 4 is 17.1 Å². The molecule has 1 aromatic rings. The SMILES string of the molecule is CN1CCN(CC(=O)c2ccsc2)CC1. The largest absolute Gasteiger partial charge is 0.304 e. The van der Waals surface area contributed by atoms with E-state index in [1.807, 2.05) is 16.8 Å². The van der Waals surface area contributed by atoms with E-state index in [4.69, 9.17) is 0 Å². The molecule has 4 heteroatoms. The lowest BCUT2D eigenvalue weighted by Crippen LogP contribution is -2.46. The summed E-state index contributed by atoms with van der Waals surface area (Å²) < 4.78 is 0. The van der Waals surface area contributed by atoms with Crippen molar-refractivity contribution < 1.29 is 4.79 Å². The minimum Gasteiger partial charge on any atom is -0.304 e. The molecule has 0 amide bonds. The van der Waals surface area contributed by atoms with Crippen molar-refractivity contribution in [3.63, 3.8) is 0 Å². The molecule has 0 saturated carbocycles. The number of piperazine rings is 1. The number of hydrogen-bond acceptors (Lipinski definition) is 4. The van der Waals surface area contributed by atoms with Gasteiger partial charge in [0, 0.05) is 37.1 Å². The van der Waals surface area contributed by atoms with Crippen LogP contribution in [0.25, 0.3) is 0 Å². The van der Waals surface area contributed by atoms with E-state index < -0.39 is 0 Å². The number of likely N-dealkylation sites (N-methyl/N-ethyl adjacent to an activating group) is 1. The fourth-order valence-corrected chi connectivity index (χ4v) is 2.38. The molecule has 15 heavy (non-hydrogen) atoms. The van der Waals surface area contributed by atoms with Gasteiger partial charge in [0.2, 0.25) is 0 Å². The molecule has 0 aromatic carbocycles. The van der Waals surface area contributed by atoms with Gasteiger partial charge in [-0.15, -0.1) is 0 Å². The van der Waals surface area contributed by atoms with Crippen LogP contribution in [0.1, 0.15) is 10.4 Å². The number of nitrogens with zero attached hydrogens (tertiary/aromatic N) is 2. The van der Waals surface area contributed by atoms with Crippen LogP contribution in [0.3, 0.4) is 0 Å². The Bertz CT molecular complexity index is 315. The smallest absolute Gasteiger partial charge is 0.177 e. The molecular formula is C11H16N2OS. The first kappa shape index (κ1) is 10.8. The first-order chi connectivity index (χ1) is 7.25. The second kappa shape index (κ2) is 4.88. The predicted octanol–water partition coefficient (Wildman–Crippen LogP) is 1.18. The van der Waals surface area contributed by atoms with Crippen LogP contribution >= 0.6 is 11.3 Å². The maximum atomic E-state index is 11.8. The van der Waals surface area contributed by atoms with Crippen LogP contribution in [-0.2, 0) is 0 Å². The van der Waals surface area contributed by atoms with Gasteiger partial charge in [-0.3, -0.25) is 9.69 Å². The van der Waals surface area contributed by atoms with Crippen LogP contribution in [0.4, 0.5) is 0 Å². The standard InChI is InChI=1S/C11H16N2OS/c1-12-3-5-13(6-4-12)8-11(14)10-2-7-15-9-10/h2,7,9H,3-6,8H2,1H3. The molecule has 3 nitrogen and oxygen atoms in total. The summed E-state index contributed by atoms with van der Waals surface area (Å²) in [6, 6.07) is 1.91. The lowest BCUT2D eigenvalue weighted by molar-refractivity contribution is 0.0877. The quantitative estimate of drug-likeness (QED) is 0.720. The van der Waals surface area contributed by atoms with Gasteiger partial charge in [-0.25, -0.2) is 0 Å². The molecule has 0 spiro atoms. The monoisotopic (exact) mass is 224 g/mol. The molecule has 0 N–H and O–H groups in total. The third-order valence-electron chi connectivity index (χ3n) is 2.81. The zero-order chi connectivity index (χ0) is 10.7. The minimum absolute atomic E-state index is 0.251. The van der Waals surface area contributed by atoms with Crippen molar-refractivity contribution in [3.05, 3.63) is 22.4 Å². The van der Waals surface area contributed by atoms with Gasteiger partial charge in [0.15, 0.2) is 5.78 Å². The van der Waals surface area contributed by atoms with Crippen LogP contribution in [0.15, 0.2) is 16.8 Å². The summed E-state index contributed by atoms with van der Waals surface area (Å²) in [6.07, 6.45) is 0. The van der Waals surface area contributed by atoms with Crippen molar-refractivity contribution in [2.24, 2.45) is 0 Å². The molecule has 2 heterocycles. The Morgan fingerprint density at radius 1 is 1.40 bits per heavy atom. The number of carbonyl (C=O) groups excluding carboxylic acids is 1. The Morgan fingerprint density at radius 2 is 2.13 bits per heavy atom. The van der Waals surface area contributed by atoms with Gasteiger partial charge in [0.25, 0.3) is 0 Å². The summed E-state index contributed by atoms with van der Waals surface area (Å²) in [5.41, 5.74) is 0.860. The number of Topliss-reactive ketones (excluding diaryl/α,β-unsaturated/α-hetero) is 1. The average molecular weight is 224 g/mol. The van der Waals surface area contributed by atoms with Crippen LogP contribution in [0.5, 0.6) is 0 Å². The van der Waals surface area contributed by atoms with Gasteiger partial charge in [0.05, 0.1) is 6.54 Å². The summed E-state index contributed by atoms with van der Waals surface area (Å²) in [7, 11) is 2.12. The zero-order valence-corrected chi connectivity index (χ0v) is 9.80. The third-order valence-corrected chi connectivity index (χ3v) is 3.49. The van der Waals surface area contributed by atoms with Crippen LogP contribution in [-0.4, -0.2) is 55.4 Å². The highest BCUT2D eigenvalue weighted by atomic mass is 32.1. The van der Waals surface area contributed by atoms with Crippen molar-refractivity contribution in [3.8, 4) is 0 Å². The molecule has 0 radical (unpaired) electrons. The first-order valence-corrected chi connectivity index (χ1v) is 6.16. The molecule has 0 aliphatic carbocycles.